The summed E-state index contributed by atoms with van der Waals surface area (Å²) in [6, 6.07) is 11.0. The number of hydrogen-bond acceptors (Lipinski definition) is 9. The minimum Gasteiger partial charge on any atom is -0.496 e. The highest BCUT2D eigenvalue weighted by Crippen LogP contribution is 2.34. The topological polar surface area (TPSA) is 165 Å². The maximum Gasteiger partial charge on any atom is 0.312 e. The van der Waals surface area contributed by atoms with Crippen molar-refractivity contribution in [1.29, 1.82) is 0 Å². The lowest BCUT2D eigenvalue weighted by Crippen LogP contribution is -2.53. The van der Waals surface area contributed by atoms with Gasteiger partial charge in [0.1, 0.15) is 23.3 Å². The lowest BCUT2D eigenvalue weighted by molar-refractivity contribution is -0.153. The zero-order valence-electron chi connectivity index (χ0n) is 29.2. The predicted molar refractivity (Wildman–Crippen MR) is 191 cm³/mol. The second-order valence-electron chi connectivity index (χ2n) is 13.8. The number of methoxy groups -OCH3 is 1. The molecule has 3 aliphatic rings. The minimum absolute atomic E-state index is 0.151. The standard InChI is InChI=1S/C37H43FN8O6/c1-43-20-27(26-19-39-42-33(26)35(43)49)24-17-29(38)28(31(18-24)52-2)21-44-13-15-46(16-14-44)37(51)36(50)45-11-9-23(10-12-45)22-3-5-25(6-4-22)40-30-7-8-32(47)41-34(30)48/h3-6,17-20,23,30,34,40,48H,7-16,21H2,1-2H3,(H,39,42)(H,41,47). The van der Waals surface area contributed by atoms with Crippen molar-refractivity contribution in [2.45, 2.75) is 50.4 Å². The number of benzene rings is 2. The number of hydrogen-bond donors (Lipinski definition) is 4. The van der Waals surface area contributed by atoms with Gasteiger partial charge in [-0.2, -0.15) is 5.10 Å². The van der Waals surface area contributed by atoms with Crippen molar-refractivity contribution in [1.82, 2.24) is 34.8 Å². The molecule has 3 saturated heterocycles. The summed E-state index contributed by atoms with van der Waals surface area (Å²) in [6.07, 6.45) is 4.69. The Bertz CT molecular complexity index is 2030. The van der Waals surface area contributed by atoms with Gasteiger partial charge in [-0.05, 0) is 60.6 Å². The van der Waals surface area contributed by atoms with Crippen LogP contribution in [0.4, 0.5) is 10.1 Å². The number of H-pyrrole nitrogens is 1. The molecule has 0 bridgehead atoms. The maximum absolute atomic E-state index is 15.7. The molecule has 0 aliphatic carbocycles. The van der Waals surface area contributed by atoms with Crippen LogP contribution in [-0.4, -0.2) is 111 Å². The van der Waals surface area contributed by atoms with E-state index in [4.69, 9.17) is 4.74 Å². The Morgan fingerprint density at radius 2 is 1.69 bits per heavy atom. The first-order chi connectivity index (χ1) is 25.1. The SMILES string of the molecule is COc1cc(-c2cn(C)c(=O)c3[nH]ncc23)cc(F)c1CN1CCN(C(=O)C(=O)N2CCC(c3ccc(NC4CCC(=O)NC4O)cc3)CC2)CC1. The number of likely N-dealkylation sites (tertiary alicyclic amines) is 1. The van der Waals surface area contributed by atoms with E-state index >= 15 is 4.39 Å². The van der Waals surface area contributed by atoms with Gasteiger partial charge in [-0.25, -0.2) is 4.39 Å². The van der Waals surface area contributed by atoms with Gasteiger partial charge in [0.15, 0.2) is 0 Å². The van der Waals surface area contributed by atoms with E-state index < -0.39 is 23.9 Å². The molecule has 3 fully saturated rings. The van der Waals surface area contributed by atoms with Crippen molar-refractivity contribution in [2.75, 3.05) is 51.7 Å². The molecular formula is C37H43FN8O6. The molecule has 5 heterocycles. The van der Waals surface area contributed by atoms with E-state index in [1.54, 1.807) is 35.3 Å². The van der Waals surface area contributed by atoms with Crippen molar-refractivity contribution in [2.24, 2.45) is 7.05 Å². The van der Waals surface area contributed by atoms with E-state index in [1.165, 1.54) is 17.7 Å². The Hall–Kier alpha value is -5.28. The smallest absolute Gasteiger partial charge is 0.312 e. The second kappa shape index (κ2) is 14.8. The van der Waals surface area contributed by atoms with Crippen LogP contribution in [-0.2, 0) is 28.0 Å². The predicted octanol–water partition coefficient (Wildman–Crippen LogP) is 2.14. The number of aryl methyl sites for hydroxylation is 1. The first-order valence-electron chi connectivity index (χ1n) is 17.6. The molecule has 0 spiro atoms. The van der Waals surface area contributed by atoms with Crippen molar-refractivity contribution < 1.29 is 28.6 Å². The van der Waals surface area contributed by atoms with Gasteiger partial charge in [-0.15, -0.1) is 0 Å². The van der Waals surface area contributed by atoms with Gasteiger partial charge in [-0.3, -0.25) is 29.2 Å². The number of carbonyl (C=O) groups excluding carboxylic acids is 3. The van der Waals surface area contributed by atoms with E-state index in [2.05, 4.69) is 20.8 Å². The third-order valence-corrected chi connectivity index (χ3v) is 10.6. The summed E-state index contributed by atoms with van der Waals surface area (Å²) < 4.78 is 22.7. The van der Waals surface area contributed by atoms with Crippen LogP contribution < -0.4 is 20.9 Å². The van der Waals surface area contributed by atoms with Crippen LogP contribution in [0.25, 0.3) is 22.0 Å². The number of carbonyl (C=O) groups is 3. The van der Waals surface area contributed by atoms with Gasteiger partial charge < -0.3 is 34.8 Å². The number of rotatable bonds is 7. The molecule has 52 heavy (non-hydrogen) atoms. The zero-order valence-corrected chi connectivity index (χ0v) is 29.2. The molecule has 4 N–H and O–H groups in total. The Labute approximate surface area is 299 Å². The number of pyridine rings is 1. The average molecular weight is 715 g/mol. The molecule has 14 nitrogen and oxygen atoms in total. The van der Waals surface area contributed by atoms with Crippen molar-refractivity contribution in [3.05, 3.63) is 76.1 Å². The van der Waals surface area contributed by atoms with Crippen molar-refractivity contribution in [3.8, 4) is 16.9 Å². The fraction of sp³-hybridized carbons (Fsp3) is 0.432. The summed E-state index contributed by atoms with van der Waals surface area (Å²) >= 11 is 0. The largest absolute Gasteiger partial charge is 0.496 e. The minimum atomic E-state index is -0.928. The molecule has 0 radical (unpaired) electrons. The molecule has 0 saturated carbocycles. The number of piperidine rings is 2. The fourth-order valence-electron chi connectivity index (χ4n) is 7.50. The summed E-state index contributed by atoms with van der Waals surface area (Å²) in [5.41, 5.74) is 3.72. The van der Waals surface area contributed by atoms with Gasteiger partial charge in [0, 0.05) is 87.7 Å². The highest BCUT2D eigenvalue weighted by molar-refractivity contribution is 6.34. The summed E-state index contributed by atoms with van der Waals surface area (Å²) in [5, 5.41) is 23.3. The van der Waals surface area contributed by atoms with E-state index in [0.717, 1.165) is 24.1 Å². The Kier molecular flexibility index (Phi) is 9.97. The van der Waals surface area contributed by atoms with Gasteiger partial charge in [0.2, 0.25) is 5.91 Å². The monoisotopic (exact) mass is 714 g/mol. The second-order valence-corrected chi connectivity index (χ2v) is 13.8. The molecule has 3 aliphatic heterocycles. The van der Waals surface area contributed by atoms with Crippen molar-refractivity contribution >= 4 is 34.3 Å². The molecule has 4 aromatic rings. The van der Waals surface area contributed by atoms with Gasteiger partial charge in [-0.1, -0.05) is 12.1 Å². The van der Waals surface area contributed by atoms with E-state index in [-0.39, 0.29) is 30.0 Å². The summed E-state index contributed by atoms with van der Waals surface area (Å²) in [6.45, 7) is 2.90. The Morgan fingerprint density at radius 3 is 2.37 bits per heavy atom. The highest BCUT2D eigenvalue weighted by atomic mass is 19.1. The van der Waals surface area contributed by atoms with Crippen LogP contribution >= 0.6 is 0 Å². The van der Waals surface area contributed by atoms with Gasteiger partial charge in [0.25, 0.3) is 5.56 Å². The van der Waals surface area contributed by atoms with E-state index in [1.807, 2.05) is 29.2 Å². The lowest BCUT2D eigenvalue weighted by atomic mass is 9.89. The molecule has 2 aromatic heterocycles. The number of aliphatic hydroxyl groups is 1. The van der Waals surface area contributed by atoms with Crippen LogP contribution in [0.1, 0.15) is 42.7 Å². The number of halogens is 1. The number of nitrogens with one attached hydrogen (secondary N) is 3. The van der Waals surface area contributed by atoms with Crippen LogP contribution in [0.5, 0.6) is 5.75 Å². The molecule has 2 atom stereocenters. The molecule has 15 heteroatoms. The van der Waals surface area contributed by atoms with Crippen LogP contribution in [0.2, 0.25) is 0 Å². The summed E-state index contributed by atoms with van der Waals surface area (Å²) in [5.74, 6) is -0.956. The molecule has 2 aromatic carbocycles. The lowest BCUT2D eigenvalue weighted by Gasteiger charge is -2.37. The van der Waals surface area contributed by atoms with Crippen LogP contribution in [0.3, 0.4) is 0 Å². The van der Waals surface area contributed by atoms with Crippen LogP contribution in [0, 0.1) is 5.82 Å². The highest BCUT2D eigenvalue weighted by Gasteiger charge is 2.33. The van der Waals surface area contributed by atoms with E-state index in [0.29, 0.717) is 85.5 Å². The van der Waals surface area contributed by atoms with Crippen molar-refractivity contribution in [3.63, 3.8) is 0 Å². The number of nitrogens with zero attached hydrogens (tertiary/aromatic N) is 5. The number of aromatic nitrogens is 3. The number of fused-ring (bicyclic) bond motifs is 1. The first kappa shape index (κ1) is 35.1. The normalized spacial score (nSPS) is 20.2. The summed E-state index contributed by atoms with van der Waals surface area (Å²) in [4.78, 5) is 55.7. The molecular weight excluding hydrogens is 671 g/mol. The maximum atomic E-state index is 15.7. The van der Waals surface area contributed by atoms with Gasteiger partial charge >= 0.3 is 11.8 Å². The van der Waals surface area contributed by atoms with Gasteiger partial charge in [0.05, 0.1) is 19.3 Å². The number of aromatic amines is 1. The Balaban J connectivity index is 0.906. The first-order valence-corrected chi connectivity index (χ1v) is 17.6. The number of aliphatic hydroxyl groups excluding tert-OH is 1. The number of ether oxygens (including phenoxy) is 1. The molecule has 7 rings (SSSR count). The number of anilines is 1. The number of piperazine rings is 1. The third kappa shape index (κ3) is 7.10. The summed E-state index contributed by atoms with van der Waals surface area (Å²) in [7, 11) is 3.12. The molecule has 3 amide bonds. The molecule has 2 unspecified atom stereocenters. The number of amides is 3. The van der Waals surface area contributed by atoms with Crippen LogP contribution in [0.15, 0.2) is 53.6 Å². The van der Waals surface area contributed by atoms with E-state index in [9.17, 15) is 24.3 Å². The fourth-order valence-corrected chi connectivity index (χ4v) is 7.50. The average Bonchev–Trinajstić information content (AvgIpc) is 3.66. The molecule has 274 valence electrons. The quantitative estimate of drug-likeness (QED) is 0.210. The Morgan fingerprint density at radius 1 is 1.00 bits per heavy atom. The zero-order chi connectivity index (χ0) is 36.5. The third-order valence-electron chi connectivity index (χ3n) is 10.6.